The summed E-state index contributed by atoms with van der Waals surface area (Å²) in [7, 11) is -2.73. The summed E-state index contributed by atoms with van der Waals surface area (Å²) in [6.07, 6.45) is 3.96. The average molecular weight is 548 g/mol. The Morgan fingerprint density at radius 2 is 1.78 bits per heavy atom. The molecule has 0 N–H and O–H groups in total. The summed E-state index contributed by atoms with van der Waals surface area (Å²) in [6.45, 7) is 19.1. The second kappa shape index (κ2) is 9.64. The first-order chi connectivity index (χ1) is 17.0. The molecule has 0 amide bonds. The van der Waals surface area contributed by atoms with Crippen molar-refractivity contribution in [2.75, 3.05) is 6.61 Å². The van der Waals surface area contributed by atoms with Gasteiger partial charge in [-0.2, -0.15) is 5.10 Å². The third-order valence-electron chi connectivity index (χ3n) is 7.83. The number of fused-ring (bicyclic) bond motifs is 1. The molecule has 0 radical (unpaired) electrons. The molecular formula is C26H36BClFN3O4Si. The molecule has 7 nitrogen and oxygen atoms in total. The molecule has 1 atom stereocenters. The molecule has 0 aliphatic carbocycles. The Morgan fingerprint density at radius 3 is 2.35 bits per heavy atom. The van der Waals surface area contributed by atoms with Crippen LogP contribution in [0.2, 0.25) is 23.2 Å². The molecule has 0 spiro atoms. The van der Waals surface area contributed by atoms with Gasteiger partial charge in [-0.1, -0.05) is 32.4 Å². The second-order valence-electron chi connectivity index (χ2n) is 12.1. The standard InChI is InChI=1S/C26H36BClFN3O4Si/c1-24(2,3)37(8,9)33-16-22(20-11-10-18(29)13-30-20)34-21-12-17(15-32-23(21)19(28)14-31-32)27-35-25(4,5)26(6,7)36-27/h10-15,22H,16H2,1-9H3. The van der Waals surface area contributed by atoms with Gasteiger partial charge in [0.15, 0.2) is 14.4 Å². The Kier molecular flexibility index (Phi) is 7.31. The third-order valence-corrected chi connectivity index (χ3v) is 12.6. The number of rotatable bonds is 7. The highest BCUT2D eigenvalue weighted by atomic mass is 35.5. The molecule has 0 bridgehead atoms. The lowest BCUT2D eigenvalue weighted by atomic mass is 9.80. The minimum Gasteiger partial charge on any atom is -0.479 e. The van der Waals surface area contributed by atoms with Gasteiger partial charge in [-0.3, -0.25) is 4.98 Å². The summed E-state index contributed by atoms with van der Waals surface area (Å²) in [5.74, 6) is 0.0569. The van der Waals surface area contributed by atoms with Crippen LogP contribution in [0.4, 0.5) is 4.39 Å². The van der Waals surface area contributed by atoms with Gasteiger partial charge in [-0.15, -0.1) is 0 Å². The number of hydrogen-bond acceptors (Lipinski definition) is 6. The lowest BCUT2D eigenvalue weighted by Gasteiger charge is -2.37. The van der Waals surface area contributed by atoms with Gasteiger partial charge in [0.2, 0.25) is 0 Å². The summed E-state index contributed by atoms with van der Waals surface area (Å²) < 4.78 is 40.9. The smallest absolute Gasteiger partial charge is 0.479 e. The van der Waals surface area contributed by atoms with E-state index >= 15 is 0 Å². The van der Waals surface area contributed by atoms with Gasteiger partial charge in [0.05, 0.1) is 40.9 Å². The van der Waals surface area contributed by atoms with Crippen molar-refractivity contribution >= 4 is 38.0 Å². The highest BCUT2D eigenvalue weighted by Gasteiger charge is 2.52. The van der Waals surface area contributed by atoms with E-state index in [9.17, 15) is 4.39 Å². The Balaban J connectivity index is 1.73. The molecular weight excluding hydrogens is 512 g/mol. The maximum absolute atomic E-state index is 13.7. The van der Waals surface area contributed by atoms with E-state index in [-0.39, 0.29) is 11.6 Å². The van der Waals surface area contributed by atoms with Crippen LogP contribution in [0.3, 0.4) is 0 Å². The Bertz CT molecular complexity index is 1260. The molecule has 11 heteroatoms. The fraction of sp³-hybridized carbons (Fsp3) is 0.538. The molecule has 4 heterocycles. The Labute approximate surface area is 224 Å². The van der Waals surface area contributed by atoms with Gasteiger partial charge in [-0.05, 0) is 64.0 Å². The maximum Gasteiger partial charge on any atom is 0.496 e. The lowest BCUT2D eigenvalue weighted by Crippen LogP contribution is -2.42. The van der Waals surface area contributed by atoms with Crippen molar-refractivity contribution in [2.45, 2.75) is 83.9 Å². The van der Waals surface area contributed by atoms with Gasteiger partial charge in [0, 0.05) is 11.7 Å². The summed E-state index contributed by atoms with van der Waals surface area (Å²) in [5.41, 5.74) is 0.869. The van der Waals surface area contributed by atoms with E-state index in [1.54, 1.807) is 16.8 Å². The molecule has 4 rings (SSSR count). The fourth-order valence-corrected chi connectivity index (χ4v) is 4.90. The molecule has 1 unspecified atom stereocenters. The van der Waals surface area contributed by atoms with Gasteiger partial charge in [0.1, 0.15) is 17.1 Å². The van der Waals surface area contributed by atoms with Crippen LogP contribution in [0.15, 0.2) is 36.8 Å². The predicted molar refractivity (Wildman–Crippen MR) is 147 cm³/mol. The van der Waals surface area contributed by atoms with E-state index in [1.165, 1.54) is 12.3 Å². The number of pyridine rings is 2. The van der Waals surface area contributed by atoms with Crippen molar-refractivity contribution in [2.24, 2.45) is 0 Å². The van der Waals surface area contributed by atoms with Gasteiger partial charge in [0.25, 0.3) is 0 Å². The van der Waals surface area contributed by atoms with E-state index in [2.05, 4.69) is 43.9 Å². The largest absolute Gasteiger partial charge is 0.496 e. The summed E-state index contributed by atoms with van der Waals surface area (Å²) >= 11 is 6.52. The molecule has 3 aromatic heterocycles. The molecule has 0 aromatic carbocycles. The first-order valence-electron chi connectivity index (χ1n) is 12.5. The summed E-state index contributed by atoms with van der Waals surface area (Å²) in [6, 6.07) is 4.84. The predicted octanol–water partition coefficient (Wildman–Crippen LogP) is 5.96. The molecule has 200 valence electrons. The number of halogens is 2. The quantitative estimate of drug-likeness (QED) is 0.340. The van der Waals surface area contributed by atoms with Gasteiger partial charge >= 0.3 is 7.12 Å². The van der Waals surface area contributed by atoms with Crippen LogP contribution in [0.1, 0.15) is 60.3 Å². The normalized spacial score (nSPS) is 18.4. The van der Waals surface area contributed by atoms with E-state index < -0.39 is 38.6 Å². The molecule has 1 fully saturated rings. The maximum atomic E-state index is 13.7. The first-order valence-corrected chi connectivity index (χ1v) is 15.7. The zero-order chi connectivity index (χ0) is 27.4. The second-order valence-corrected chi connectivity index (χ2v) is 17.3. The van der Waals surface area contributed by atoms with Crippen LogP contribution in [0.5, 0.6) is 5.75 Å². The zero-order valence-electron chi connectivity index (χ0n) is 23.1. The molecule has 0 saturated carbocycles. The molecule has 37 heavy (non-hydrogen) atoms. The number of ether oxygens (including phenoxy) is 1. The van der Waals surface area contributed by atoms with E-state index in [0.717, 1.165) is 5.46 Å². The van der Waals surface area contributed by atoms with Crippen LogP contribution in [0, 0.1) is 5.82 Å². The summed E-state index contributed by atoms with van der Waals surface area (Å²) in [5, 5.41) is 4.84. The van der Waals surface area contributed by atoms with E-state index in [0.29, 0.717) is 22.0 Å². The highest BCUT2D eigenvalue weighted by Crippen LogP contribution is 2.39. The van der Waals surface area contributed by atoms with Gasteiger partial charge < -0.3 is 18.5 Å². The SMILES string of the molecule is CC1(C)OB(c2cc(OC(CO[Si](C)(C)C(C)(C)C)c3ccc(F)cn3)c3c(Cl)cnn3c2)OC1(C)C. The van der Waals surface area contributed by atoms with E-state index in [1.807, 2.05) is 40.0 Å². The zero-order valence-corrected chi connectivity index (χ0v) is 24.8. The molecule has 1 saturated heterocycles. The molecule has 1 aliphatic heterocycles. The lowest BCUT2D eigenvalue weighted by molar-refractivity contribution is 0.00578. The number of aromatic nitrogens is 3. The number of nitrogens with zero attached hydrogens (tertiary/aromatic N) is 3. The Morgan fingerprint density at radius 1 is 1.14 bits per heavy atom. The van der Waals surface area contributed by atoms with Gasteiger partial charge in [-0.25, -0.2) is 8.91 Å². The van der Waals surface area contributed by atoms with Crippen molar-refractivity contribution < 1.29 is 22.9 Å². The Hall–Kier alpha value is -1.98. The van der Waals surface area contributed by atoms with Crippen molar-refractivity contribution in [3.63, 3.8) is 0 Å². The topological polar surface area (TPSA) is 67.1 Å². The van der Waals surface area contributed by atoms with Crippen LogP contribution in [-0.2, 0) is 13.7 Å². The molecule has 1 aliphatic rings. The average Bonchev–Trinajstić information content (AvgIpc) is 3.26. The minimum atomic E-state index is -2.11. The third kappa shape index (κ3) is 5.59. The van der Waals surface area contributed by atoms with E-state index in [4.69, 9.17) is 30.1 Å². The highest BCUT2D eigenvalue weighted by molar-refractivity contribution is 6.74. The van der Waals surface area contributed by atoms with Crippen LogP contribution in [0.25, 0.3) is 5.52 Å². The minimum absolute atomic E-state index is 0.00642. The van der Waals surface area contributed by atoms with Crippen molar-refractivity contribution in [1.29, 1.82) is 0 Å². The van der Waals surface area contributed by atoms with Crippen molar-refractivity contribution in [3.8, 4) is 5.75 Å². The van der Waals surface area contributed by atoms with Crippen LogP contribution >= 0.6 is 11.6 Å². The first kappa shape index (κ1) is 28.0. The fourth-order valence-electron chi connectivity index (χ4n) is 3.68. The summed E-state index contributed by atoms with van der Waals surface area (Å²) in [4.78, 5) is 4.30. The molecule has 3 aromatic rings. The van der Waals surface area contributed by atoms with Crippen molar-refractivity contribution in [3.05, 3.63) is 53.3 Å². The monoisotopic (exact) mass is 547 g/mol. The van der Waals surface area contributed by atoms with Crippen molar-refractivity contribution in [1.82, 2.24) is 14.6 Å². The number of hydrogen-bond donors (Lipinski definition) is 0. The van der Waals surface area contributed by atoms with Crippen LogP contribution < -0.4 is 10.2 Å². The van der Waals surface area contributed by atoms with Crippen LogP contribution in [-0.4, -0.2) is 47.8 Å².